The van der Waals surface area contributed by atoms with Crippen molar-refractivity contribution in [1.82, 2.24) is 19.9 Å². The molecule has 0 aliphatic carbocycles. The van der Waals surface area contributed by atoms with Gasteiger partial charge in [-0.25, -0.2) is 4.98 Å². The van der Waals surface area contributed by atoms with E-state index in [0.717, 1.165) is 58.3 Å². The number of nitrogens with zero attached hydrogens (tertiary/aromatic N) is 3. The second-order valence-corrected chi connectivity index (χ2v) is 9.47. The van der Waals surface area contributed by atoms with Crippen molar-refractivity contribution in [1.29, 1.82) is 0 Å². The zero-order valence-corrected chi connectivity index (χ0v) is 20.5. The van der Waals surface area contributed by atoms with Crippen molar-refractivity contribution in [2.24, 2.45) is 0 Å². The van der Waals surface area contributed by atoms with E-state index in [4.69, 9.17) is 14.5 Å². The molecule has 0 radical (unpaired) electrons. The summed E-state index contributed by atoms with van der Waals surface area (Å²) in [4.78, 5) is 21.6. The summed E-state index contributed by atoms with van der Waals surface area (Å²) in [6.07, 6.45) is 5.84. The van der Waals surface area contributed by atoms with Crippen LogP contribution in [0.4, 0.5) is 0 Å². The van der Waals surface area contributed by atoms with E-state index >= 15 is 0 Å². The van der Waals surface area contributed by atoms with E-state index in [-0.39, 0.29) is 12.0 Å². The van der Waals surface area contributed by atoms with E-state index < -0.39 is 0 Å². The van der Waals surface area contributed by atoms with Gasteiger partial charge in [0.25, 0.3) is 5.91 Å². The summed E-state index contributed by atoms with van der Waals surface area (Å²) in [6.45, 7) is 2.02. The van der Waals surface area contributed by atoms with E-state index in [1.807, 2.05) is 54.7 Å². The lowest BCUT2D eigenvalue weighted by Crippen LogP contribution is -2.31. The largest absolute Gasteiger partial charge is 0.497 e. The van der Waals surface area contributed by atoms with Crippen molar-refractivity contribution >= 4 is 28.7 Å². The van der Waals surface area contributed by atoms with Gasteiger partial charge >= 0.3 is 0 Å². The number of hydrogen-bond donors (Lipinski definition) is 1. The molecule has 0 saturated carbocycles. The highest BCUT2D eigenvalue weighted by atomic mass is 32.2. The quantitative estimate of drug-likeness (QED) is 0.345. The first-order valence-corrected chi connectivity index (χ1v) is 12.7. The predicted molar refractivity (Wildman–Crippen MR) is 137 cm³/mol. The number of thioether (sulfide) groups is 1. The van der Waals surface area contributed by atoms with E-state index in [9.17, 15) is 4.79 Å². The molecule has 0 unspecified atom stereocenters. The summed E-state index contributed by atoms with van der Waals surface area (Å²) in [7, 11) is 1.68. The van der Waals surface area contributed by atoms with Crippen LogP contribution in [0.5, 0.6) is 5.75 Å². The molecule has 35 heavy (non-hydrogen) atoms. The van der Waals surface area contributed by atoms with Gasteiger partial charge in [-0.2, -0.15) is 0 Å². The summed E-state index contributed by atoms with van der Waals surface area (Å²) in [5, 5.41) is 3.90. The fourth-order valence-corrected chi connectivity index (χ4v) is 5.15. The van der Waals surface area contributed by atoms with E-state index in [2.05, 4.69) is 20.9 Å². The molecule has 8 heteroatoms. The molecule has 1 atom stereocenters. The SMILES string of the molecule is COc1cccc(Cn2c(SCc3ccc(C(=O)NC[C@H]4CCCO4)cc3)nc3ccncc32)c1. The highest BCUT2D eigenvalue weighted by Gasteiger charge is 2.17. The Bertz CT molecular complexity index is 1300. The molecule has 0 bridgehead atoms. The summed E-state index contributed by atoms with van der Waals surface area (Å²) in [6, 6.07) is 17.8. The number of aromatic nitrogens is 3. The minimum absolute atomic E-state index is 0.0627. The third-order valence-electron chi connectivity index (χ3n) is 6.09. The molecule has 1 aliphatic rings. The standard InChI is InChI=1S/C27H28N4O3S/c1-33-22-5-2-4-20(14-22)17-31-25-16-28-12-11-24(25)30-27(31)35-18-19-7-9-21(10-8-19)26(32)29-15-23-6-3-13-34-23/h2,4-5,7-12,14,16,23H,3,6,13,15,17-18H2,1H3,(H,29,32)/t23-/m1/s1. The van der Waals surface area contributed by atoms with Gasteiger partial charge in [0.2, 0.25) is 0 Å². The molecule has 1 amide bonds. The maximum Gasteiger partial charge on any atom is 0.251 e. The average Bonchev–Trinajstić information content (AvgIpc) is 3.55. The third kappa shape index (κ3) is 5.66. The fraction of sp³-hybridized carbons (Fsp3) is 0.296. The maximum absolute atomic E-state index is 12.5. The molecule has 7 nitrogen and oxygen atoms in total. The van der Waals surface area contributed by atoms with Crippen LogP contribution in [-0.4, -0.2) is 46.8 Å². The number of fused-ring (bicyclic) bond motifs is 1. The number of nitrogens with one attached hydrogen (secondary N) is 1. The van der Waals surface area contributed by atoms with Gasteiger partial charge in [-0.1, -0.05) is 36.0 Å². The van der Waals surface area contributed by atoms with Crippen LogP contribution < -0.4 is 10.1 Å². The van der Waals surface area contributed by atoms with Crippen LogP contribution in [0.25, 0.3) is 11.0 Å². The topological polar surface area (TPSA) is 78.3 Å². The van der Waals surface area contributed by atoms with Crippen LogP contribution in [0.3, 0.4) is 0 Å². The average molecular weight is 489 g/mol. The first kappa shape index (κ1) is 23.4. The van der Waals surface area contributed by atoms with Gasteiger partial charge in [0.1, 0.15) is 5.75 Å². The first-order valence-electron chi connectivity index (χ1n) is 11.7. The Morgan fingerprint density at radius 2 is 2.09 bits per heavy atom. The van der Waals surface area contributed by atoms with Gasteiger partial charge in [0.05, 0.1) is 37.0 Å². The van der Waals surface area contributed by atoms with Gasteiger partial charge in [0, 0.05) is 30.7 Å². The number of pyridine rings is 1. The van der Waals surface area contributed by atoms with E-state index in [1.54, 1.807) is 25.1 Å². The molecule has 2 aromatic carbocycles. The van der Waals surface area contributed by atoms with Gasteiger partial charge < -0.3 is 19.4 Å². The Morgan fingerprint density at radius 3 is 2.89 bits per heavy atom. The Balaban J connectivity index is 1.27. The lowest BCUT2D eigenvalue weighted by Gasteiger charge is -2.11. The van der Waals surface area contributed by atoms with Crippen LogP contribution in [0.1, 0.15) is 34.3 Å². The van der Waals surface area contributed by atoms with Gasteiger partial charge in [-0.05, 0) is 54.3 Å². The maximum atomic E-state index is 12.5. The van der Waals surface area contributed by atoms with Gasteiger partial charge in [0.15, 0.2) is 5.16 Å². The molecule has 1 aliphatic heterocycles. The lowest BCUT2D eigenvalue weighted by molar-refractivity contribution is 0.0858. The van der Waals surface area contributed by atoms with Crippen molar-refractivity contribution in [3.8, 4) is 5.75 Å². The van der Waals surface area contributed by atoms with E-state index in [0.29, 0.717) is 18.7 Å². The van der Waals surface area contributed by atoms with E-state index in [1.165, 1.54) is 0 Å². The summed E-state index contributed by atoms with van der Waals surface area (Å²) < 4.78 is 13.2. The Kier molecular flexibility index (Phi) is 7.30. The molecule has 1 N–H and O–H groups in total. The number of imidazole rings is 1. The molecule has 5 rings (SSSR count). The molecular weight excluding hydrogens is 460 g/mol. The number of amides is 1. The van der Waals surface area contributed by atoms with Crippen molar-refractivity contribution < 1.29 is 14.3 Å². The highest BCUT2D eigenvalue weighted by molar-refractivity contribution is 7.98. The second kappa shape index (κ2) is 10.9. The molecule has 1 fully saturated rings. The summed E-state index contributed by atoms with van der Waals surface area (Å²) in [5.74, 6) is 1.51. The molecular formula is C27H28N4O3S. The monoisotopic (exact) mass is 488 g/mol. The molecule has 2 aromatic heterocycles. The van der Waals surface area contributed by atoms with Crippen LogP contribution >= 0.6 is 11.8 Å². The van der Waals surface area contributed by atoms with Crippen LogP contribution in [0.2, 0.25) is 0 Å². The minimum atomic E-state index is -0.0627. The molecule has 3 heterocycles. The Labute approximate surface area is 208 Å². The number of carbonyl (C=O) groups excluding carboxylic acids is 1. The lowest BCUT2D eigenvalue weighted by atomic mass is 10.1. The number of rotatable bonds is 9. The van der Waals surface area contributed by atoms with Crippen molar-refractivity contribution in [3.63, 3.8) is 0 Å². The number of methoxy groups -OCH3 is 1. The zero-order chi connectivity index (χ0) is 24.0. The Hall–Kier alpha value is -3.36. The number of benzene rings is 2. The minimum Gasteiger partial charge on any atom is -0.497 e. The van der Waals surface area contributed by atoms with Crippen LogP contribution in [-0.2, 0) is 17.0 Å². The van der Waals surface area contributed by atoms with Gasteiger partial charge in [-0.15, -0.1) is 0 Å². The smallest absolute Gasteiger partial charge is 0.251 e. The first-order chi connectivity index (χ1) is 17.2. The van der Waals surface area contributed by atoms with Crippen LogP contribution in [0, 0.1) is 0 Å². The normalized spacial score (nSPS) is 15.4. The molecule has 180 valence electrons. The fourth-order valence-electron chi connectivity index (χ4n) is 4.18. The summed E-state index contributed by atoms with van der Waals surface area (Å²) in [5.41, 5.74) is 4.84. The summed E-state index contributed by atoms with van der Waals surface area (Å²) >= 11 is 1.67. The van der Waals surface area contributed by atoms with Crippen LogP contribution in [0.15, 0.2) is 72.1 Å². The molecule has 1 saturated heterocycles. The third-order valence-corrected chi connectivity index (χ3v) is 7.14. The Morgan fingerprint density at radius 1 is 1.20 bits per heavy atom. The van der Waals surface area contributed by atoms with Crippen molar-refractivity contribution in [3.05, 3.63) is 83.7 Å². The molecule has 4 aromatic rings. The number of ether oxygens (including phenoxy) is 2. The van der Waals surface area contributed by atoms with Crippen molar-refractivity contribution in [2.45, 2.75) is 36.4 Å². The zero-order valence-electron chi connectivity index (χ0n) is 19.6. The number of carbonyl (C=O) groups is 1. The number of hydrogen-bond acceptors (Lipinski definition) is 6. The predicted octanol–water partition coefficient (Wildman–Crippen LogP) is 4.69. The highest BCUT2D eigenvalue weighted by Crippen LogP contribution is 2.28. The molecule has 0 spiro atoms. The van der Waals surface area contributed by atoms with Crippen molar-refractivity contribution in [2.75, 3.05) is 20.3 Å². The van der Waals surface area contributed by atoms with Gasteiger partial charge in [-0.3, -0.25) is 9.78 Å². The second-order valence-electron chi connectivity index (χ2n) is 8.53.